The molecule has 0 unspecified atom stereocenters. The lowest BCUT2D eigenvalue weighted by Crippen LogP contribution is -1.95. The van der Waals surface area contributed by atoms with Crippen molar-refractivity contribution in [3.63, 3.8) is 0 Å². The largest absolute Gasteiger partial charge is 0.383 e. The van der Waals surface area contributed by atoms with Crippen LogP contribution in [0.5, 0.6) is 0 Å². The lowest BCUT2D eigenvalue weighted by atomic mass is 10.0. The molecule has 1 aromatic heterocycles. The fraction of sp³-hybridized carbons (Fsp3) is 0. The molecule has 0 amide bonds. The van der Waals surface area contributed by atoms with E-state index in [1.165, 1.54) is 6.33 Å². The van der Waals surface area contributed by atoms with Crippen molar-refractivity contribution < 1.29 is 0 Å². The Morgan fingerprint density at radius 1 is 1.11 bits per heavy atom. The maximum atomic E-state index is 6.05. The summed E-state index contributed by atoms with van der Waals surface area (Å²) in [5.74, 6) is 0.467. The number of benzene rings is 2. The third-order valence-electron chi connectivity index (χ3n) is 2.87. The lowest BCUT2D eigenvalue weighted by molar-refractivity contribution is 1.23. The molecule has 0 aliphatic rings. The molecule has 0 bridgehead atoms. The maximum absolute atomic E-state index is 6.05. The number of nitrogen functional groups attached to an aromatic ring is 1. The molecule has 94 valence electrons. The first kappa shape index (κ1) is 12.4. The molecule has 0 fully saturated rings. The Bertz CT molecular complexity index is 774. The van der Waals surface area contributed by atoms with E-state index in [0.717, 1.165) is 26.5 Å². The van der Waals surface area contributed by atoms with E-state index in [1.54, 1.807) is 0 Å². The summed E-state index contributed by atoms with van der Waals surface area (Å²) < 4.78 is 0.927. The average Bonchev–Trinajstić information content (AvgIpc) is 2.39. The predicted molar refractivity (Wildman–Crippen MR) is 82.1 cm³/mol. The van der Waals surface area contributed by atoms with Crippen LogP contribution in [0.25, 0.3) is 22.0 Å². The third-order valence-corrected chi connectivity index (χ3v) is 3.56. The highest BCUT2D eigenvalue weighted by Crippen LogP contribution is 2.33. The Balaban J connectivity index is 2.38. The van der Waals surface area contributed by atoms with Gasteiger partial charge in [0, 0.05) is 20.4 Å². The van der Waals surface area contributed by atoms with Crippen molar-refractivity contribution in [3.8, 4) is 11.1 Å². The molecule has 3 nitrogen and oxygen atoms in total. The van der Waals surface area contributed by atoms with Crippen LogP contribution in [0.3, 0.4) is 0 Å². The SMILES string of the molecule is Nc1ncnc2c(-c3cccc(Cl)c3)cc(Br)cc12. The van der Waals surface area contributed by atoms with Crippen molar-refractivity contribution in [2.24, 2.45) is 0 Å². The van der Waals surface area contributed by atoms with Gasteiger partial charge in [-0.15, -0.1) is 0 Å². The molecule has 0 radical (unpaired) electrons. The fourth-order valence-corrected chi connectivity index (χ4v) is 2.68. The number of nitrogens with zero attached hydrogens (tertiary/aromatic N) is 2. The summed E-state index contributed by atoms with van der Waals surface area (Å²) in [6.45, 7) is 0. The van der Waals surface area contributed by atoms with Gasteiger partial charge in [0.1, 0.15) is 12.1 Å². The van der Waals surface area contributed by atoms with Gasteiger partial charge >= 0.3 is 0 Å². The molecule has 0 atom stereocenters. The molecule has 19 heavy (non-hydrogen) atoms. The van der Waals surface area contributed by atoms with Gasteiger partial charge in [-0.1, -0.05) is 39.7 Å². The summed E-state index contributed by atoms with van der Waals surface area (Å²) in [6, 6.07) is 11.6. The zero-order valence-electron chi connectivity index (χ0n) is 9.77. The minimum absolute atomic E-state index is 0.467. The second-order valence-electron chi connectivity index (χ2n) is 4.12. The average molecular weight is 335 g/mol. The molecule has 2 aromatic carbocycles. The number of anilines is 1. The highest BCUT2D eigenvalue weighted by atomic mass is 79.9. The Hall–Kier alpha value is -1.65. The number of aromatic nitrogens is 2. The number of halogens is 2. The van der Waals surface area contributed by atoms with Gasteiger partial charge in [0.05, 0.1) is 5.52 Å². The van der Waals surface area contributed by atoms with Crippen molar-refractivity contribution in [2.75, 3.05) is 5.73 Å². The Labute approximate surface area is 123 Å². The highest BCUT2D eigenvalue weighted by molar-refractivity contribution is 9.10. The molecule has 0 spiro atoms. The van der Waals surface area contributed by atoms with E-state index in [1.807, 2.05) is 36.4 Å². The molecule has 0 aliphatic heterocycles. The van der Waals surface area contributed by atoms with Crippen molar-refractivity contribution in [3.05, 3.63) is 52.2 Å². The molecule has 3 aromatic rings. The van der Waals surface area contributed by atoms with Crippen molar-refractivity contribution in [1.29, 1.82) is 0 Å². The first-order chi connectivity index (χ1) is 9.15. The summed E-state index contributed by atoms with van der Waals surface area (Å²) in [7, 11) is 0. The summed E-state index contributed by atoms with van der Waals surface area (Å²) in [5.41, 5.74) is 8.69. The summed E-state index contributed by atoms with van der Waals surface area (Å²) in [6.07, 6.45) is 1.47. The lowest BCUT2D eigenvalue weighted by Gasteiger charge is -2.08. The quantitative estimate of drug-likeness (QED) is 0.722. The summed E-state index contributed by atoms with van der Waals surface area (Å²) in [5, 5.41) is 1.51. The first-order valence-electron chi connectivity index (χ1n) is 5.61. The van der Waals surface area contributed by atoms with Crippen LogP contribution >= 0.6 is 27.5 Å². The van der Waals surface area contributed by atoms with Gasteiger partial charge in [0.2, 0.25) is 0 Å². The van der Waals surface area contributed by atoms with Gasteiger partial charge in [0.25, 0.3) is 0 Å². The van der Waals surface area contributed by atoms with Crippen LogP contribution in [0.1, 0.15) is 0 Å². The minimum Gasteiger partial charge on any atom is -0.383 e. The van der Waals surface area contributed by atoms with E-state index >= 15 is 0 Å². The van der Waals surface area contributed by atoms with Gasteiger partial charge in [-0.2, -0.15) is 0 Å². The van der Waals surface area contributed by atoms with Crippen LogP contribution in [0.15, 0.2) is 47.2 Å². The van der Waals surface area contributed by atoms with E-state index in [-0.39, 0.29) is 0 Å². The van der Waals surface area contributed by atoms with Gasteiger partial charge < -0.3 is 5.73 Å². The predicted octanol–water partition coefficient (Wildman–Crippen LogP) is 4.29. The van der Waals surface area contributed by atoms with Crippen molar-refractivity contribution >= 4 is 44.3 Å². The van der Waals surface area contributed by atoms with E-state index in [2.05, 4.69) is 25.9 Å². The second kappa shape index (κ2) is 4.79. The van der Waals surface area contributed by atoms with Gasteiger partial charge in [-0.3, -0.25) is 0 Å². The third kappa shape index (κ3) is 2.29. The molecule has 0 saturated carbocycles. The van der Waals surface area contributed by atoms with Crippen LogP contribution in [0, 0.1) is 0 Å². The number of fused-ring (bicyclic) bond motifs is 1. The Kier molecular flexibility index (Phi) is 3.12. The molecule has 0 aliphatic carbocycles. The summed E-state index contributed by atoms with van der Waals surface area (Å²) >= 11 is 9.54. The number of nitrogens with two attached hydrogens (primary N) is 1. The zero-order valence-corrected chi connectivity index (χ0v) is 12.1. The van der Waals surface area contributed by atoms with E-state index < -0.39 is 0 Å². The van der Waals surface area contributed by atoms with Crippen molar-refractivity contribution in [1.82, 2.24) is 9.97 Å². The number of rotatable bonds is 1. The number of hydrogen-bond acceptors (Lipinski definition) is 3. The smallest absolute Gasteiger partial charge is 0.134 e. The molecule has 0 saturated heterocycles. The normalized spacial score (nSPS) is 10.8. The maximum Gasteiger partial charge on any atom is 0.134 e. The zero-order chi connectivity index (χ0) is 13.4. The van der Waals surface area contributed by atoms with Crippen LogP contribution in [0.2, 0.25) is 5.02 Å². The van der Waals surface area contributed by atoms with Gasteiger partial charge in [0.15, 0.2) is 0 Å². The monoisotopic (exact) mass is 333 g/mol. The number of hydrogen-bond donors (Lipinski definition) is 1. The molecule has 3 rings (SSSR count). The summed E-state index contributed by atoms with van der Waals surface area (Å²) in [4.78, 5) is 8.35. The first-order valence-corrected chi connectivity index (χ1v) is 6.78. The van der Waals surface area contributed by atoms with E-state index in [4.69, 9.17) is 17.3 Å². The van der Waals surface area contributed by atoms with Crippen LogP contribution in [-0.2, 0) is 0 Å². The second-order valence-corrected chi connectivity index (χ2v) is 5.47. The molecular formula is C14H9BrClN3. The molecule has 5 heteroatoms. The van der Waals surface area contributed by atoms with Gasteiger partial charge in [-0.25, -0.2) is 9.97 Å². The molecular weight excluding hydrogens is 326 g/mol. The fourth-order valence-electron chi connectivity index (χ4n) is 2.03. The molecule has 1 heterocycles. The molecule has 2 N–H and O–H groups in total. The van der Waals surface area contributed by atoms with Crippen LogP contribution in [-0.4, -0.2) is 9.97 Å². The highest BCUT2D eigenvalue weighted by Gasteiger charge is 2.09. The van der Waals surface area contributed by atoms with E-state index in [0.29, 0.717) is 10.8 Å². The van der Waals surface area contributed by atoms with Gasteiger partial charge in [-0.05, 0) is 29.8 Å². The van der Waals surface area contributed by atoms with E-state index in [9.17, 15) is 0 Å². The minimum atomic E-state index is 0.467. The Morgan fingerprint density at radius 2 is 1.95 bits per heavy atom. The Morgan fingerprint density at radius 3 is 2.74 bits per heavy atom. The van der Waals surface area contributed by atoms with Crippen LogP contribution < -0.4 is 5.73 Å². The topological polar surface area (TPSA) is 51.8 Å². The van der Waals surface area contributed by atoms with Crippen LogP contribution in [0.4, 0.5) is 5.82 Å². The van der Waals surface area contributed by atoms with Crippen molar-refractivity contribution in [2.45, 2.75) is 0 Å². The standard InChI is InChI=1S/C14H9BrClN3/c15-9-5-11(8-2-1-3-10(16)4-8)13-12(6-9)14(17)19-7-18-13/h1-7H,(H2,17,18,19).